The zero-order valence-corrected chi connectivity index (χ0v) is 28.8. The summed E-state index contributed by atoms with van der Waals surface area (Å²) < 4.78 is 106. The van der Waals surface area contributed by atoms with Crippen molar-refractivity contribution in [3.63, 3.8) is 0 Å². The number of nitrogens with zero attached hydrogens (tertiary/aromatic N) is 1. The molecule has 0 saturated heterocycles. The third-order valence-corrected chi connectivity index (χ3v) is 10.5. The Kier molecular flexibility index (Phi) is 15.1. The normalized spacial score (nSPS) is 15.3. The highest BCUT2D eigenvalue weighted by Crippen LogP contribution is 2.28. The minimum absolute atomic E-state index is 0.191. The van der Waals surface area contributed by atoms with Crippen LogP contribution in [0.1, 0.15) is 63.5 Å². The van der Waals surface area contributed by atoms with Crippen LogP contribution in [0.15, 0.2) is 48.5 Å². The van der Waals surface area contributed by atoms with Crippen LogP contribution in [0.25, 0.3) is 0 Å². The van der Waals surface area contributed by atoms with Crippen molar-refractivity contribution in [1.82, 2.24) is 10.2 Å². The summed E-state index contributed by atoms with van der Waals surface area (Å²) in [6, 6.07) is 6.50. The number of carbonyl (C=O) groups excluding carboxylic acids is 3. The van der Waals surface area contributed by atoms with E-state index >= 15 is 0 Å². The van der Waals surface area contributed by atoms with Crippen LogP contribution in [0.3, 0.4) is 0 Å². The molecule has 278 valence electrons. The second-order valence-electron chi connectivity index (χ2n) is 12.5. The van der Waals surface area contributed by atoms with Crippen LogP contribution < -0.4 is 11.1 Å². The number of esters is 1. The molecule has 0 aliphatic heterocycles. The number of amides is 2. The molecule has 3 atom stereocenters. The van der Waals surface area contributed by atoms with Gasteiger partial charge in [-0.05, 0) is 67.8 Å². The van der Waals surface area contributed by atoms with Crippen molar-refractivity contribution in [2.45, 2.75) is 95.0 Å². The molecule has 0 spiro atoms. The number of hydrogen-bond donors (Lipinski definition) is 2. The average molecular weight is 734 g/mol. The van der Waals surface area contributed by atoms with E-state index in [9.17, 15) is 44.8 Å². The summed E-state index contributed by atoms with van der Waals surface area (Å²) in [4.78, 5) is 40.6. The Labute approximate surface area is 288 Å². The number of benzene rings is 2. The van der Waals surface area contributed by atoms with Gasteiger partial charge < -0.3 is 20.5 Å². The largest absolute Gasteiger partial charge is 0.490 e. The molecule has 1 unspecified atom stereocenters. The van der Waals surface area contributed by atoms with Crippen LogP contribution >= 0.6 is 0 Å². The predicted octanol–water partition coefficient (Wildman–Crippen LogP) is 5.23. The lowest BCUT2D eigenvalue weighted by Gasteiger charge is -2.36. The number of carbonyl (C=O) groups is 3. The van der Waals surface area contributed by atoms with Crippen LogP contribution in [0.2, 0.25) is 0 Å². The molecule has 16 heteroatoms. The lowest BCUT2D eigenvalue weighted by molar-refractivity contribution is -0.207. The van der Waals surface area contributed by atoms with Crippen molar-refractivity contribution in [1.29, 1.82) is 0 Å². The first kappa shape index (κ1) is 40.8. The van der Waals surface area contributed by atoms with E-state index in [-0.39, 0.29) is 24.3 Å². The molecule has 2 amide bonds. The highest BCUT2D eigenvalue weighted by atomic mass is 32.2. The molecular weight excluding hydrogens is 689 g/mol. The van der Waals surface area contributed by atoms with E-state index in [1.165, 1.54) is 0 Å². The minimum atomic E-state index is -5.50. The van der Waals surface area contributed by atoms with Gasteiger partial charge in [-0.25, -0.2) is 31.7 Å². The summed E-state index contributed by atoms with van der Waals surface area (Å²) in [5, 5.41) is 2.03. The summed E-state index contributed by atoms with van der Waals surface area (Å²) >= 11 is 0. The molecule has 0 heterocycles. The summed E-state index contributed by atoms with van der Waals surface area (Å²) in [7, 11) is -4.05. The molecule has 10 nitrogen and oxygen atoms in total. The Balaban J connectivity index is 2.12. The molecule has 2 aromatic carbocycles. The Bertz CT molecular complexity index is 1520. The third kappa shape index (κ3) is 12.6. The van der Waals surface area contributed by atoms with Gasteiger partial charge in [0, 0.05) is 12.6 Å². The molecule has 1 saturated carbocycles. The number of sulfone groups is 1. The topological polar surface area (TPSA) is 145 Å². The standard InChI is InChI=1S/C34H44F5N3O7S/c1-3-8-27(9-4-2)50(46,47)21-28(40)31(43)42(33(45)48-20-23-10-6-5-7-11-23)29(16-24-14-25(35)17-26(36)15-24)30(19-41-18-22-12-13-22)49-32(44)34(37,38)39/h5-7,10-11,14-15,17,22,27-30,41H,3-4,8-9,12-13,16,18-21,40H2,1-2H3/t28?,29-,30+/m0/s1. The zero-order chi connectivity index (χ0) is 37.1. The van der Waals surface area contributed by atoms with Gasteiger partial charge in [0.25, 0.3) is 0 Å². The van der Waals surface area contributed by atoms with Crippen molar-refractivity contribution in [2.75, 3.05) is 18.8 Å². The van der Waals surface area contributed by atoms with E-state index < -0.39 is 94.4 Å². The first-order valence-corrected chi connectivity index (χ1v) is 18.2. The number of hydrogen-bond acceptors (Lipinski definition) is 9. The van der Waals surface area contributed by atoms with Crippen molar-refractivity contribution in [3.8, 4) is 0 Å². The number of halogens is 5. The monoisotopic (exact) mass is 733 g/mol. The van der Waals surface area contributed by atoms with Crippen LogP contribution in [-0.4, -0.2) is 79.7 Å². The second kappa shape index (κ2) is 18.6. The van der Waals surface area contributed by atoms with Gasteiger partial charge in [-0.15, -0.1) is 0 Å². The molecule has 2 aromatic rings. The second-order valence-corrected chi connectivity index (χ2v) is 14.8. The van der Waals surface area contributed by atoms with E-state index in [4.69, 9.17) is 15.2 Å². The molecule has 0 bridgehead atoms. The number of nitrogens with one attached hydrogen (secondary N) is 1. The molecule has 3 N–H and O–H groups in total. The Hall–Kier alpha value is -3.63. The maximum Gasteiger partial charge on any atom is 0.490 e. The summed E-state index contributed by atoms with van der Waals surface area (Å²) in [6.07, 6.45) is -6.39. The van der Waals surface area contributed by atoms with Crippen molar-refractivity contribution in [2.24, 2.45) is 11.7 Å². The number of alkyl halides is 3. The van der Waals surface area contributed by atoms with Crippen LogP contribution in [0, 0.1) is 17.6 Å². The van der Waals surface area contributed by atoms with Gasteiger partial charge >= 0.3 is 18.2 Å². The van der Waals surface area contributed by atoms with Gasteiger partial charge in [-0.3, -0.25) is 4.79 Å². The number of rotatable bonds is 19. The fourth-order valence-electron chi connectivity index (χ4n) is 5.53. The highest BCUT2D eigenvalue weighted by Gasteiger charge is 2.47. The van der Waals surface area contributed by atoms with Gasteiger partial charge in [0.1, 0.15) is 24.3 Å². The average Bonchev–Trinajstić information content (AvgIpc) is 3.86. The lowest BCUT2D eigenvalue weighted by atomic mass is 9.98. The zero-order valence-electron chi connectivity index (χ0n) is 28.0. The number of nitrogens with two attached hydrogens (primary N) is 1. The summed E-state index contributed by atoms with van der Waals surface area (Å²) in [5.74, 6) is -6.89. The first-order chi connectivity index (χ1) is 23.5. The van der Waals surface area contributed by atoms with Crippen LogP contribution in [0.4, 0.5) is 26.7 Å². The quantitative estimate of drug-likeness (QED) is 0.147. The fraction of sp³-hybridized carbons (Fsp3) is 0.559. The molecule has 50 heavy (non-hydrogen) atoms. The van der Waals surface area contributed by atoms with E-state index in [0.29, 0.717) is 35.9 Å². The Morgan fingerprint density at radius 1 is 0.980 bits per heavy atom. The van der Waals surface area contributed by atoms with Gasteiger partial charge in [-0.1, -0.05) is 57.0 Å². The van der Waals surface area contributed by atoms with Crippen molar-refractivity contribution < 1.29 is 54.2 Å². The molecule has 1 fully saturated rings. The molecular formula is C34H44F5N3O7S. The molecule has 0 aromatic heterocycles. The maximum atomic E-state index is 14.3. The third-order valence-electron chi connectivity index (χ3n) is 8.19. The first-order valence-electron chi connectivity index (χ1n) is 16.5. The number of ether oxygens (including phenoxy) is 2. The molecule has 3 rings (SSSR count). The SMILES string of the molecule is CCCC(CCC)S(=O)(=O)CC(N)C(=O)N(C(=O)OCc1ccccc1)[C@@H](Cc1cc(F)cc(F)c1)[C@@H](CNCC1CC1)OC(=O)C(F)(F)F. The molecule has 1 aliphatic carbocycles. The van der Waals surface area contributed by atoms with Gasteiger partial charge in [0.15, 0.2) is 9.84 Å². The maximum absolute atomic E-state index is 14.3. The van der Waals surface area contributed by atoms with E-state index in [0.717, 1.165) is 25.0 Å². The van der Waals surface area contributed by atoms with E-state index in [1.54, 1.807) is 44.2 Å². The fourth-order valence-corrected chi connectivity index (χ4v) is 7.64. The van der Waals surface area contributed by atoms with Crippen LogP contribution in [0.5, 0.6) is 0 Å². The van der Waals surface area contributed by atoms with E-state index in [1.807, 2.05) is 0 Å². The van der Waals surface area contributed by atoms with Gasteiger partial charge in [0.05, 0.1) is 23.1 Å². The predicted molar refractivity (Wildman–Crippen MR) is 174 cm³/mol. The summed E-state index contributed by atoms with van der Waals surface area (Å²) in [6.45, 7) is 2.90. The molecule has 0 radical (unpaired) electrons. The lowest BCUT2D eigenvalue weighted by Crippen LogP contribution is -2.60. The van der Waals surface area contributed by atoms with Crippen LogP contribution in [-0.2, 0) is 41.9 Å². The summed E-state index contributed by atoms with van der Waals surface area (Å²) in [5.41, 5.74) is 6.41. The van der Waals surface area contributed by atoms with Crippen molar-refractivity contribution >= 4 is 27.8 Å². The Morgan fingerprint density at radius 3 is 2.12 bits per heavy atom. The highest BCUT2D eigenvalue weighted by molar-refractivity contribution is 7.92. The van der Waals surface area contributed by atoms with Gasteiger partial charge in [-0.2, -0.15) is 13.2 Å². The number of imide groups is 1. The molecule has 1 aliphatic rings. The minimum Gasteiger partial charge on any atom is -0.452 e. The smallest absolute Gasteiger partial charge is 0.452 e. The Morgan fingerprint density at radius 2 is 1.58 bits per heavy atom. The van der Waals surface area contributed by atoms with Gasteiger partial charge in [0.2, 0.25) is 5.91 Å². The van der Waals surface area contributed by atoms with E-state index in [2.05, 4.69) is 5.32 Å². The van der Waals surface area contributed by atoms with Crippen molar-refractivity contribution in [3.05, 3.63) is 71.3 Å².